The Morgan fingerprint density at radius 3 is 2.69 bits per heavy atom. The fraction of sp³-hybridized carbons (Fsp3) is 0.316. The first-order valence-electron chi connectivity index (χ1n) is 8.33. The van der Waals surface area contributed by atoms with Crippen molar-refractivity contribution in [1.29, 1.82) is 0 Å². The Morgan fingerprint density at radius 2 is 2.04 bits per heavy atom. The number of hydrogen-bond donors (Lipinski definition) is 0. The largest absolute Gasteiger partial charge is 0.488 e. The first-order valence-corrected chi connectivity index (χ1v) is 8.33. The highest BCUT2D eigenvalue weighted by Crippen LogP contribution is 2.23. The number of rotatable bonds is 6. The van der Waals surface area contributed by atoms with Crippen LogP contribution in [0.15, 0.2) is 41.1 Å². The van der Waals surface area contributed by atoms with E-state index in [0.717, 1.165) is 22.7 Å². The summed E-state index contributed by atoms with van der Waals surface area (Å²) in [6, 6.07) is 9.13. The topological polar surface area (TPSA) is 73.4 Å². The summed E-state index contributed by atoms with van der Waals surface area (Å²) in [5.41, 5.74) is 3.16. The molecule has 0 saturated heterocycles. The predicted octanol–water partition coefficient (Wildman–Crippen LogP) is 2.88. The lowest BCUT2D eigenvalue weighted by Crippen LogP contribution is -2.27. The van der Waals surface area contributed by atoms with Crippen LogP contribution in [0.1, 0.15) is 33.1 Å². The zero-order valence-electron chi connectivity index (χ0n) is 15.4. The minimum atomic E-state index is -0.111. The second kappa shape index (κ2) is 7.43. The highest BCUT2D eigenvalue weighted by Gasteiger charge is 2.18. The number of benzene rings is 1. The maximum absolute atomic E-state index is 12.9. The third kappa shape index (κ3) is 3.61. The molecule has 0 aliphatic carbocycles. The predicted molar refractivity (Wildman–Crippen MR) is 95.8 cm³/mol. The van der Waals surface area contributed by atoms with E-state index in [9.17, 15) is 4.79 Å². The molecule has 26 heavy (non-hydrogen) atoms. The molecular formula is C19H22N4O3. The molecule has 2 heterocycles. The van der Waals surface area contributed by atoms with Crippen LogP contribution in [0.5, 0.6) is 5.75 Å². The molecule has 0 fully saturated rings. The van der Waals surface area contributed by atoms with Gasteiger partial charge in [-0.1, -0.05) is 17.3 Å². The summed E-state index contributed by atoms with van der Waals surface area (Å²) in [6.07, 6.45) is 1.72. The maximum Gasteiger partial charge on any atom is 0.257 e. The third-order valence-electron chi connectivity index (χ3n) is 4.34. The Hall–Kier alpha value is -3.09. The van der Waals surface area contributed by atoms with E-state index < -0.39 is 0 Å². The SMILES string of the molecule is Cc1noc(C)c1COc1ccccc1C(=O)N(C)Cc1ccnn1C. The number of carbonyl (C=O) groups excluding carboxylic acids is 1. The van der Waals surface area contributed by atoms with Crippen molar-refractivity contribution in [2.24, 2.45) is 7.05 Å². The number of aromatic nitrogens is 3. The average Bonchev–Trinajstić information content (AvgIpc) is 3.18. The second-order valence-electron chi connectivity index (χ2n) is 6.19. The Morgan fingerprint density at radius 1 is 1.27 bits per heavy atom. The van der Waals surface area contributed by atoms with Crippen molar-refractivity contribution in [2.45, 2.75) is 27.0 Å². The second-order valence-corrected chi connectivity index (χ2v) is 6.19. The van der Waals surface area contributed by atoms with Gasteiger partial charge in [0.2, 0.25) is 0 Å². The summed E-state index contributed by atoms with van der Waals surface area (Å²) in [5, 5.41) is 8.06. The maximum atomic E-state index is 12.9. The fourth-order valence-corrected chi connectivity index (χ4v) is 2.70. The number of hydrogen-bond acceptors (Lipinski definition) is 5. The van der Waals surface area contributed by atoms with Crippen LogP contribution in [-0.4, -0.2) is 32.8 Å². The molecule has 0 bridgehead atoms. The van der Waals surface area contributed by atoms with E-state index in [1.165, 1.54) is 0 Å². The molecule has 0 unspecified atom stereocenters. The Kier molecular flexibility index (Phi) is 5.06. The van der Waals surface area contributed by atoms with Crippen LogP contribution in [0.3, 0.4) is 0 Å². The van der Waals surface area contributed by atoms with E-state index in [1.54, 1.807) is 35.0 Å². The molecule has 2 aromatic heterocycles. The molecule has 136 valence electrons. The normalized spacial score (nSPS) is 10.8. The van der Waals surface area contributed by atoms with Crippen LogP contribution in [0.25, 0.3) is 0 Å². The van der Waals surface area contributed by atoms with Crippen LogP contribution in [0.2, 0.25) is 0 Å². The fourth-order valence-electron chi connectivity index (χ4n) is 2.70. The van der Waals surface area contributed by atoms with E-state index >= 15 is 0 Å². The van der Waals surface area contributed by atoms with Crippen LogP contribution in [0.4, 0.5) is 0 Å². The molecule has 0 aliphatic heterocycles. The summed E-state index contributed by atoms with van der Waals surface area (Å²) >= 11 is 0. The lowest BCUT2D eigenvalue weighted by molar-refractivity contribution is 0.0777. The molecule has 0 atom stereocenters. The number of para-hydroxylation sites is 1. The van der Waals surface area contributed by atoms with Gasteiger partial charge in [0.25, 0.3) is 5.91 Å². The highest BCUT2D eigenvalue weighted by atomic mass is 16.5. The zero-order valence-corrected chi connectivity index (χ0v) is 15.4. The van der Waals surface area contributed by atoms with Gasteiger partial charge in [0, 0.05) is 20.3 Å². The number of aryl methyl sites for hydroxylation is 3. The molecule has 1 amide bonds. The van der Waals surface area contributed by atoms with E-state index in [1.807, 2.05) is 39.1 Å². The van der Waals surface area contributed by atoms with Crippen molar-refractivity contribution in [3.05, 3.63) is 64.8 Å². The van der Waals surface area contributed by atoms with E-state index in [2.05, 4.69) is 10.3 Å². The lowest BCUT2D eigenvalue weighted by Gasteiger charge is -2.19. The molecule has 0 aliphatic rings. The van der Waals surface area contributed by atoms with Crippen molar-refractivity contribution in [3.63, 3.8) is 0 Å². The minimum absolute atomic E-state index is 0.111. The molecule has 0 N–H and O–H groups in total. The van der Waals surface area contributed by atoms with Gasteiger partial charge in [-0.05, 0) is 32.0 Å². The summed E-state index contributed by atoms with van der Waals surface area (Å²) in [6.45, 7) is 4.48. The van der Waals surface area contributed by atoms with Gasteiger partial charge in [-0.2, -0.15) is 5.10 Å². The third-order valence-corrected chi connectivity index (χ3v) is 4.34. The van der Waals surface area contributed by atoms with Crippen molar-refractivity contribution < 1.29 is 14.1 Å². The van der Waals surface area contributed by atoms with Crippen LogP contribution in [-0.2, 0) is 20.2 Å². The first kappa shape index (κ1) is 17.7. The van der Waals surface area contributed by atoms with Gasteiger partial charge in [-0.15, -0.1) is 0 Å². The first-order chi connectivity index (χ1) is 12.5. The van der Waals surface area contributed by atoms with Gasteiger partial charge in [-0.3, -0.25) is 9.48 Å². The van der Waals surface area contributed by atoms with Gasteiger partial charge >= 0.3 is 0 Å². The highest BCUT2D eigenvalue weighted by molar-refractivity contribution is 5.96. The molecule has 7 nitrogen and oxygen atoms in total. The summed E-state index contributed by atoms with van der Waals surface area (Å²) in [4.78, 5) is 14.5. The molecule has 0 radical (unpaired) electrons. The van der Waals surface area contributed by atoms with Gasteiger partial charge in [0.15, 0.2) is 0 Å². The Labute approximate surface area is 152 Å². The molecule has 0 spiro atoms. The van der Waals surface area contributed by atoms with Gasteiger partial charge < -0.3 is 14.2 Å². The smallest absolute Gasteiger partial charge is 0.257 e. The number of amides is 1. The number of ether oxygens (including phenoxy) is 1. The van der Waals surface area contributed by atoms with Crippen LogP contribution in [0, 0.1) is 13.8 Å². The quantitative estimate of drug-likeness (QED) is 0.680. The summed E-state index contributed by atoms with van der Waals surface area (Å²) in [5.74, 6) is 1.15. The standard InChI is InChI=1S/C19H22N4O3/c1-13-17(14(2)26-21-13)12-25-18-8-6-5-7-16(18)19(24)22(3)11-15-9-10-20-23(15)4/h5-10H,11-12H2,1-4H3. The van der Waals surface area contributed by atoms with Crippen molar-refractivity contribution in [1.82, 2.24) is 19.8 Å². The van der Waals surface area contributed by atoms with Gasteiger partial charge in [-0.25, -0.2) is 0 Å². The summed E-state index contributed by atoms with van der Waals surface area (Å²) in [7, 11) is 3.62. The van der Waals surface area contributed by atoms with Crippen molar-refractivity contribution >= 4 is 5.91 Å². The summed E-state index contributed by atoms with van der Waals surface area (Å²) < 4.78 is 12.8. The molecular weight excluding hydrogens is 332 g/mol. The van der Waals surface area contributed by atoms with Crippen molar-refractivity contribution in [2.75, 3.05) is 7.05 Å². The molecule has 3 rings (SSSR count). The number of nitrogens with zero attached hydrogens (tertiary/aromatic N) is 4. The van der Waals surface area contributed by atoms with Crippen LogP contribution < -0.4 is 4.74 Å². The molecule has 7 heteroatoms. The molecule has 0 saturated carbocycles. The van der Waals surface area contributed by atoms with Crippen LogP contribution >= 0.6 is 0 Å². The Bertz CT molecular complexity index is 894. The molecule has 3 aromatic rings. The lowest BCUT2D eigenvalue weighted by atomic mass is 10.1. The average molecular weight is 354 g/mol. The number of carbonyl (C=O) groups is 1. The van der Waals surface area contributed by atoms with E-state index in [-0.39, 0.29) is 5.91 Å². The van der Waals surface area contributed by atoms with Gasteiger partial charge in [0.1, 0.15) is 18.1 Å². The molecule has 1 aromatic carbocycles. The van der Waals surface area contributed by atoms with Gasteiger partial charge in [0.05, 0.1) is 29.1 Å². The minimum Gasteiger partial charge on any atom is -0.488 e. The Balaban J connectivity index is 1.75. The van der Waals surface area contributed by atoms with E-state index in [4.69, 9.17) is 9.26 Å². The van der Waals surface area contributed by atoms with E-state index in [0.29, 0.717) is 24.5 Å². The zero-order chi connectivity index (χ0) is 18.7. The monoisotopic (exact) mass is 354 g/mol. The van der Waals surface area contributed by atoms with Crippen molar-refractivity contribution in [3.8, 4) is 5.75 Å².